The predicted molar refractivity (Wildman–Crippen MR) is 351 cm³/mol. The molecule has 0 bridgehead atoms. The maximum Gasteiger partial charge on any atom is 0.257 e. The Labute approximate surface area is 529 Å². The molecular weight excluding hydrogens is 1170 g/mol. The van der Waals surface area contributed by atoms with Crippen molar-refractivity contribution in [3.8, 4) is 17.6 Å². The van der Waals surface area contributed by atoms with Crippen molar-refractivity contribution in [2.24, 2.45) is 0 Å². The zero-order valence-corrected chi connectivity index (χ0v) is 52.0. The number of carbonyl (C=O) groups is 2. The number of nitrogens with zero attached hydrogens (tertiary/aromatic N) is 15. The summed E-state index contributed by atoms with van der Waals surface area (Å²) >= 11 is 10.6. The van der Waals surface area contributed by atoms with E-state index < -0.39 is 0 Å². The van der Waals surface area contributed by atoms with E-state index in [1.807, 2.05) is 41.3 Å². The molecule has 9 aromatic rings. The van der Waals surface area contributed by atoms with Gasteiger partial charge in [-0.05, 0) is 85.5 Å². The van der Waals surface area contributed by atoms with Crippen LogP contribution in [0.15, 0.2) is 146 Å². The summed E-state index contributed by atoms with van der Waals surface area (Å²) in [6.07, 6.45) is 19.7. The summed E-state index contributed by atoms with van der Waals surface area (Å²) in [6, 6.07) is 37.4. The van der Waals surface area contributed by atoms with Crippen LogP contribution in [-0.4, -0.2) is 158 Å². The van der Waals surface area contributed by atoms with Crippen LogP contribution in [0.2, 0.25) is 5.15 Å². The fourth-order valence-corrected chi connectivity index (χ4v) is 11.9. The molecule has 5 saturated heterocycles. The number of rotatable bonds is 11. The fourth-order valence-electron chi connectivity index (χ4n) is 11.7. The Kier molecular flexibility index (Phi) is 21.2. The summed E-state index contributed by atoms with van der Waals surface area (Å²) in [7, 11) is 0. The Morgan fingerprint density at radius 2 is 0.730 bits per heavy atom. The number of halogens is 2. The zero-order valence-electron chi connectivity index (χ0n) is 50.4. The van der Waals surface area contributed by atoms with Gasteiger partial charge in [-0.2, -0.15) is 0 Å². The van der Waals surface area contributed by atoms with Gasteiger partial charge in [0.05, 0.1) is 16.6 Å². The fraction of sp³-hybridized carbons (Fsp3) is 0.388. The van der Waals surface area contributed by atoms with Crippen molar-refractivity contribution in [1.29, 1.82) is 0 Å². The van der Waals surface area contributed by atoms with E-state index in [2.05, 4.69) is 139 Å². The highest BCUT2D eigenvalue weighted by Crippen LogP contribution is 2.32. The van der Waals surface area contributed by atoms with Crippen molar-refractivity contribution in [3.05, 3.63) is 152 Å². The minimum atomic E-state index is -0.361. The Morgan fingerprint density at radius 3 is 1.11 bits per heavy atom. The molecule has 0 spiro atoms. The number of carbonyl (C=O) groups excluding carboxylic acids is 2. The third-order valence-corrected chi connectivity index (χ3v) is 16.7. The smallest absolute Gasteiger partial charge is 0.257 e. The van der Waals surface area contributed by atoms with Crippen LogP contribution < -0.4 is 38.7 Å². The van der Waals surface area contributed by atoms with Crippen molar-refractivity contribution in [1.82, 2.24) is 49.8 Å². The Morgan fingerprint density at radius 1 is 0.393 bits per heavy atom. The number of piperidine rings is 4. The normalized spacial score (nSPS) is 16.8. The standard InChI is InChI=1S/C24H28N6O2.C23H27N5O.C18H17ClN4O.C2H3ClO/c1-18(31)28-14-16-30(17-15-28)23-24(26-11-10-25-23)32-20-8-12-29(13-9-20)22-7-6-19-4-2-3-5-21(19)27-22;1-4-14-28(15-5-1)22-23(25-13-12-24-22)29-19-10-16-27(17-11-19)21-9-8-18-6-2-3-7-20(18)26-21;19-17-18(21-10-9-20-17)24-14-7-11-23(12-8-14)16-6-5-13-3-1-2-4-15(13)22-16;1-2(3)4/h2-7,10-11,20H,8-9,12-17H2,1H3;2-3,6-9,12-13,19H,1,4-5,10-11,14-17H2;1-6,9-10,14H,7-8,11-12H2;1H3. The molecular formula is C67H75Cl2N15O5. The SMILES string of the molecule is CC(=O)Cl.CC(=O)N1CCN(c2nccnc2OC2CCN(c3ccc4ccccc4n3)CC2)CC1.Clc1nccnc1OC1CCN(c2ccc3ccccc3n2)CC1.c1ccc2nc(N3CCC(Oc4nccnc4N4CCCCC4)CC3)ccc2c1. The van der Waals surface area contributed by atoms with Gasteiger partial charge in [0, 0.05) is 184 Å². The van der Waals surface area contributed by atoms with E-state index in [9.17, 15) is 9.59 Å². The van der Waals surface area contributed by atoms with E-state index in [4.69, 9.17) is 40.8 Å². The van der Waals surface area contributed by atoms with Gasteiger partial charge in [-0.25, -0.2) is 44.9 Å². The second-order valence-electron chi connectivity index (χ2n) is 22.5. The first-order chi connectivity index (χ1) is 43.6. The van der Waals surface area contributed by atoms with E-state index in [0.717, 1.165) is 160 Å². The van der Waals surface area contributed by atoms with Crippen LogP contribution in [0.25, 0.3) is 32.7 Å². The van der Waals surface area contributed by atoms with Gasteiger partial charge < -0.3 is 43.6 Å². The second-order valence-corrected chi connectivity index (χ2v) is 23.4. The Bertz CT molecular complexity index is 3770. The topological polar surface area (TPSA) is 197 Å². The van der Waals surface area contributed by atoms with Gasteiger partial charge >= 0.3 is 0 Å². The lowest BCUT2D eigenvalue weighted by molar-refractivity contribution is -0.129. The Hall–Kier alpha value is -8.75. The highest BCUT2D eigenvalue weighted by molar-refractivity contribution is 6.62. The third-order valence-electron chi connectivity index (χ3n) is 16.5. The van der Waals surface area contributed by atoms with Gasteiger partial charge in [0.1, 0.15) is 35.8 Å². The molecule has 20 nitrogen and oxygen atoms in total. The first-order valence-electron chi connectivity index (χ1n) is 30.9. The van der Waals surface area contributed by atoms with Crippen molar-refractivity contribution in [2.45, 2.75) is 89.9 Å². The number of ether oxygens (including phenoxy) is 3. The average Bonchev–Trinajstić information content (AvgIpc) is 3.77. The molecule has 5 fully saturated rings. The molecule has 22 heteroatoms. The first-order valence-corrected chi connectivity index (χ1v) is 31.6. The molecule has 0 aliphatic carbocycles. The number of pyridine rings is 3. The summed E-state index contributed by atoms with van der Waals surface area (Å²) in [6.45, 7) is 13.3. The summed E-state index contributed by atoms with van der Waals surface area (Å²) in [5.41, 5.74) is 3.10. The van der Waals surface area contributed by atoms with Crippen LogP contribution in [0.3, 0.4) is 0 Å². The number of amides is 1. The largest absolute Gasteiger partial charge is 0.472 e. The maximum absolute atomic E-state index is 11.6. The van der Waals surface area contributed by atoms with Crippen LogP contribution in [0, 0.1) is 0 Å². The number of hydrogen-bond acceptors (Lipinski definition) is 19. The highest BCUT2D eigenvalue weighted by atomic mass is 35.5. The molecule has 14 rings (SSSR count). The number of anilines is 5. The minimum absolute atomic E-state index is 0.0978. The first kappa shape index (κ1) is 61.9. The summed E-state index contributed by atoms with van der Waals surface area (Å²) in [4.78, 5) is 74.8. The van der Waals surface area contributed by atoms with E-state index in [-0.39, 0.29) is 29.5 Å². The third kappa shape index (κ3) is 16.7. The molecule has 0 unspecified atom stereocenters. The van der Waals surface area contributed by atoms with Gasteiger partial charge in [0.25, 0.3) is 17.6 Å². The van der Waals surface area contributed by atoms with Crippen molar-refractivity contribution in [3.63, 3.8) is 0 Å². The van der Waals surface area contributed by atoms with Crippen LogP contribution in [-0.2, 0) is 9.59 Å². The monoisotopic (exact) mass is 1240 g/mol. The number of benzene rings is 3. The van der Waals surface area contributed by atoms with E-state index in [1.54, 1.807) is 44.1 Å². The molecule has 1 amide bonds. The molecule has 89 heavy (non-hydrogen) atoms. The molecule has 0 N–H and O–H groups in total. The number of aromatic nitrogens is 9. The van der Waals surface area contributed by atoms with E-state index in [0.29, 0.717) is 35.9 Å². The lowest BCUT2D eigenvalue weighted by atomic mass is 10.1. The average molecular weight is 1240 g/mol. The Balaban J connectivity index is 0.000000135. The highest BCUT2D eigenvalue weighted by Gasteiger charge is 2.29. The molecule has 3 aromatic carbocycles. The van der Waals surface area contributed by atoms with Crippen molar-refractivity contribution in [2.75, 3.05) is 103 Å². The predicted octanol–water partition coefficient (Wildman–Crippen LogP) is 11.3. The zero-order chi connectivity index (χ0) is 61.3. The number of hydrogen-bond donors (Lipinski definition) is 0. The van der Waals surface area contributed by atoms with Crippen molar-refractivity contribution >= 4 is 96.1 Å². The van der Waals surface area contributed by atoms with Gasteiger partial charge in [-0.15, -0.1) is 0 Å². The summed E-state index contributed by atoms with van der Waals surface area (Å²) in [5, 5.41) is 3.46. The molecule has 11 heterocycles. The molecule has 6 aromatic heterocycles. The molecule has 0 atom stereocenters. The van der Waals surface area contributed by atoms with Gasteiger partial charge in [-0.1, -0.05) is 66.2 Å². The summed E-state index contributed by atoms with van der Waals surface area (Å²) in [5.74, 6) is 6.59. The van der Waals surface area contributed by atoms with E-state index in [1.165, 1.54) is 31.6 Å². The minimum Gasteiger partial charge on any atom is -0.472 e. The van der Waals surface area contributed by atoms with Crippen LogP contribution in [0.4, 0.5) is 29.1 Å². The van der Waals surface area contributed by atoms with Crippen molar-refractivity contribution < 1.29 is 23.8 Å². The maximum atomic E-state index is 11.6. The molecule has 462 valence electrons. The number of para-hydroxylation sites is 3. The van der Waals surface area contributed by atoms with Crippen LogP contribution >= 0.6 is 23.2 Å². The second kappa shape index (κ2) is 30.4. The van der Waals surface area contributed by atoms with Gasteiger partial charge in [0.2, 0.25) is 11.1 Å². The van der Waals surface area contributed by atoms with Crippen LogP contribution in [0.5, 0.6) is 17.6 Å². The van der Waals surface area contributed by atoms with E-state index >= 15 is 0 Å². The van der Waals surface area contributed by atoms with Gasteiger partial charge in [0.15, 0.2) is 16.8 Å². The summed E-state index contributed by atoms with van der Waals surface area (Å²) < 4.78 is 18.5. The lowest BCUT2D eigenvalue weighted by Gasteiger charge is -2.36. The van der Waals surface area contributed by atoms with Gasteiger partial charge in [-0.3, -0.25) is 9.59 Å². The van der Waals surface area contributed by atoms with Crippen LogP contribution in [0.1, 0.15) is 71.6 Å². The molecule has 0 saturated carbocycles. The quantitative estimate of drug-likeness (QED) is 0.111. The lowest BCUT2D eigenvalue weighted by Crippen LogP contribution is -2.48. The molecule has 0 radical (unpaired) electrons. The molecule has 5 aliphatic heterocycles. The number of fused-ring (bicyclic) bond motifs is 3. The molecule has 5 aliphatic rings. The number of piperazine rings is 1.